The van der Waals surface area contributed by atoms with E-state index in [1.807, 2.05) is 19.9 Å². The highest BCUT2D eigenvalue weighted by molar-refractivity contribution is 7.89. The Balaban J connectivity index is 1.73. The van der Waals surface area contributed by atoms with Crippen LogP contribution >= 0.6 is 0 Å². The second-order valence-corrected chi connectivity index (χ2v) is 8.76. The van der Waals surface area contributed by atoms with E-state index in [0.717, 1.165) is 29.5 Å². The number of nitrogens with zero attached hydrogens (tertiary/aromatic N) is 4. The maximum Gasteiger partial charge on any atom is 0.240 e. The van der Waals surface area contributed by atoms with Crippen molar-refractivity contribution in [3.63, 3.8) is 0 Å². The lowest BCUT2D eigenvalue weighted by Gasteiger charge is -2.09. The average molecular weight is 445 g/mol. The second kappa shape index (κ2) is 9.99. The Hall–Kier alpha value is -2.82. The number of hydrogen-bond donors (Lipinski definition) is 2. The van der Waals surface area contributed by atoms with Gasteiger partial charge in [0.1, 0.15) is 11.5 Å². The number of methoxy groups -OCH3 is 1. The van der Waals surface area contributed by atoms with Gasteiger partial charge in [0, 0.05) is 44.4 Å². The molecule has 3 aromatic rings. The van der Waals surface area contributed by atoms with Crippen molar-refractivity contribution in [3.05, 3.63) is 48.0 Å². The van der Waals surface area contributed by atoms with Crippen molar-refractivity contribution in [1.82, 2.24) is 24.2 Å². The summed E-state index contributed by atoms with van der Waals surface area (Å²) in [4.78, 5) is 13.7. The largest absolute Gasteiger partial charge is 0.385 e. The molecule has 1 aromatic carbocycles. The van der Waals surface area contributed by atoms with E-state index < -0.39 is 10.0 Å². The Morgan fingerprint density at radius 3 is 2.48 bits per heavy atom. The average Bonchev–Trinajstić information content (AvgIpc) is 3.05. The van der Waals surface area contributed by atoms with Crippen LogP contribution in [0.15, 0.2) is 41.4 Å². The van der Waals surface area contributed by atoms with Gasteiger partial charge in [0.25, 0.3) is 0 Å². The molecule has 10 heteroatoms. The third-order valence-electron chi connectivity index (χ3n) is 4.86. The molecular formula is C21H28N6O3S. The minimum absolute atomic E-state index is 0.196. The van der Waals surface area contributed by atoms with Gasteiger partial charge in [0.2, 0.25) is 16.0 Å². The smallest absolute Gasteiger partial charge is 0.240 e. The minimum Gasteiger partial charge on any atom is -0.385 e. The molecule has 0 aliphatic rings. The van der Waals surface area contributed by atoms with E-state index in [1.54, 1.807) is 37.6 Å². The lowest BCUT2D eigenvalue weighted by Crippen LogP contribution is -2.25. The Bertz CT molecular complexity index is 1130. The predicted octanol–water partition coefficient (Wildman–Crippen LogP) is 3.04. The number of nitrogens with one attached hydrogen (secondary N) is 2. The number of imidazole rings is 1. The van der Waals surface area contributed by atoms with E-state index in [-0.39, 0.29) is 4.90 Å². The van der Waals surface area contributed by atoms with Gasteiger partial charge in [-0.25, -0.2) is 28.1 Å². The first-order valence-corrected chi connectivity index (χ1v) is 11.6. The maximum atomic E-state index is 12.3. The van der Waals surface area contributed by atoms with Gasteiger partial charge in [0.05, 0.1) is 10.6 Å². The third-order valence-corrected chi connectivity index (χ3v) is 6.34. The van der Waals surface area contributed by atoms with Crippen molar-refractivity contribution >= 4 is 21.7 Å². The summed E-state index contributed by atoms with van der Waals surface area (Å²) in [5, 5.41) is 3.12. The summed E-state index contributed by atoms with van der Waals surface area (Å²) in [5.74, 6) is 1.35. The highest BCUT2D eigenvalue weighted by Crippen LogP contribution is 2.23. The van der Waals surface area contributed by atoms with Crippen LogP contribution in [0.2, 0.25) is 0 Å². The molecule has 2 N–H and O–H groups in total. The second-order valence-electron chi connectivity index (χ2n) is 7.00. The third kappa shape index (κ3) is 5.46. The van der Waals surface area contributed by atoms with E-state index in [1.165, 1.54) is 0 Å². The number of sulfonamides is 1. The Labute approximate surface area is 183 Å². The van der Waals surface area contributed by atoms with E-state index in [9.17, 15) is 8.42 Å². The first kappa shape index (κ1) is 22.9. The summed E-state index contributed by atoms with van der Waals surface area (Å²) in [6, 6.07) is 8.27. The summed E-state index contributed by atoms with van der Waals surface area (Å²) in [6.45, 7) is 7.75. The van der Waals surface area contributed by atoms with Crippen LogP contribution in [-0.4, -0.2) is 48.2 Å². The molecule has 0 aliphatic carbocycles. The van der Waals surface area contributed by atoms with Gasteiger partial charge < -0.3 is 14.6 Å². The highest BCUT2D eigenvalue weighted by atomic mass is 32.2. The molecule has 0 saturated heterocycles. The van der Waals surface area contributed by atoms with Crippen molar-refractivity contribution in [1.29, 1.82) is 0 Å². The topological polar surface area (TPSA) is 111 Å². The van der Waals surface area contributed by atoms with Crippen LogP contribution in [0.4, 0.5) is 11.6 Å². The van der Waals surface area contributed by atoms with Crippen LogP contribution in [-0.2, 0) is 21.3 Å². The number of aromatic nitrogens is 4. The van der Waals surface area contributed by atoms with Gasteiger partial charge in [0.15, 0.2) is 0 Å². The Kier molecular flexibility index (Phi) is 7.37. The monoisotopic (exact) mass is 444 g/mol. The lowest BCUT2D eigenvalue weighted by molar-refractivity contribution is 0.196. The number of anilines is 2. The van der Waals surface area contributed by atoms with Gasteiger partial charge in [-0.05, 0) is 57.5 Å². The maximum absolute atomic E-state index is 12.3. The van der Waals surface area contributed by atoms with Gasteiger partial charge in [-0.1, -0.05) is 0 Å². The molecule has 166 valence electrons. The first-order valence-electron chi connectivity index (χ1n) is 10.1. The van der Waals surface area contributed by atoms with Crippen LogP contribution < -0.4 is 10.0 Å². The molecule has 2 aromatic heterocycles. The molecule has 9 nitrogen and oxygen atoms in total. The van der Waals surface area contributed by atoms with E-state index in [4.69, 9.17) is 4.74 Å². The van der Waals surface area contributed by atoms with Crippen LogP contribution in [0.25, 0.3) is 11.4 Å². The van der Waals surface area contributed by atoms with Crippen molar-refractivity contribution < 1.29 is 13.2 Å². The zero-order chi connectivity index (χ0) is 22.4. The molecule has 0 saturated carbocycles. The van der Waals surface area contributed by atoms with Gasteiger partial charge >= 0.3 is 0 Å². The van der Waals surface area contributed by atoms with E-state index >= 15 is 0 Å². The minimum atomic E-state index is -3.56. The normalized spacial score (nSPS) is 11.6. The molecule has 0 atom stereocenters. The molecule has 2 heterocycles. The summed E-state index contributed by atoms with van der Waals surface area (Å²) in [7, 11) is -1.97. The Morgan fingerprint density at radius 1 is 1.10 bits per heavy atom. The lowest BCUT2D eigenvalue weighted by atomic mass is 10.2. The van der Waals surface area contributed by atoms with Gasteiger partial charge in [-0.3, -0.25) is 0 Å². The molecule has 0 unspecified atom stereocenters. The molecule has 0 fully saturated rings. The highest BCUT2D eigenvalue weighted by Gasteiger charge is 2.15. The molecule has 3 rings (SSSR count). The van der Waals surface area contributed by atoms with Crippen LogP contribution in [0.5, 0.6) is 0 Å². The van der Waals surface area contributed by atoms with Crippen LogP contribution in [0.1, 0.15) is 24.9 Å². The number of aryl methyl sites for hydroxylation is 1. The number of rotatable bonds is 10. The van der Waals surface area contributed by atoms with Gasteiger partial charge in [-0.15, -0.1) is 0 Å². The summed E-state index contributed by atoms with van der Waals surface area (Å²) >= 11 is 0. The van der Waals surface area contributed by atoms with Crippen LogP contribution in [0.3, 0.4) is 0 Å². The molecule has 0 bridgehead atoms. The fourth-order valence-corrected chi connectivity index (χ4v) is 4.36. The fourth-order valence-electron chi connectivity index (χ4n) is 3.29. The predicted molar refractivity (Wildman–Crippen MR) is 120 cm³/mol. The SMILES string of the molecule is CCn1c(C)nc(-c2ccnc(Nc3ccc(S(=O)(=O)NCCCOC)cc3)n2)c1C. The summed E-state index contributed by atoms with van der Waals surface area (Å²) in [5.41, 5.74) is 3.29. The van der Waals surface area contributed by atoms with Gasteiger partial charge in [-0.2, -0.15) is 0 Å². The quantitative estimate of drug-likeness (QED) is 0.462. The van der Waals surface area contributed by atoms with E-state index in [2.05, 4.69) is 36.5 Å². The summed E-state index contributed by atoms with van der Waals surface area (Å²) < 4.78 is 34.3. The zero-order valence-electron chi connectivity index (χ0n) is 18.2. The van der Waals surface area contributed by atoms with Crippen molar-refractivity contribution in [2.75, 3.05) is 25.6 Å². The van der Waals surface area contributed by atoms with Crippen molar-refractivity contribution in [3.8, 4) is 11.4 Å². The standard InChI is InChI=1S/C21H28N6O3S/c1-5-27-15(2)20(24-16(27)3)19-11-13-22-21(26-19)25-17-7-9-18(10-8-17)31(28,29)23-12-6-14-30-4/h7-11,13,23H,5-6,12,14H2,1-4H3,(H,22,25,26). The molecule has 0 amide bonds. The zero-order valence-corrected chi connectivity index (χ0v) is 19.0. The Morgan fingerprint density at radius 2 is 1.84 bits per heavy atom. The van der Waals surface area contributed by atoms with Crippen molar-refractivity contribution in [2.45, 2.75) is 38.6 Å². The molecule has 0 spiro atoms. The number of ether oxygens (including phenoxy) is 1. The fraction of sp³-hybridized carbons (Fsp3) is 0.381. The van der Waals surface area contributed by atoms with Crippen molar-refractivity contribution in [2.24, 2.45) is 0 Å². The number of benzene rings is 1. The summed E-state index contributed by atoms with van der Waals surface area (Å²) in [6.07, 6.45) is 2.28. The first-order chi connectivity index (χ1) is 14.9. The van der Waals surface area contributed by atoms with Crippen LogP contribution in [0, 0.1) is 13.8 Å². The molecule has 31 heavy (non-hydrogen) atoms. The molecular weight excluding hydrogens is 416 g/mol. The van der Waals surface area contributed by atoms with E-state index in [0.29, 0.717) is 31.2 Å². The molecule has 0 radical (unpaired) electrons. The number of hydrogen-bond acceptors (Lipinski definition) is 7. The molecule has 0 aliphatic heterocycles.